The summed E-state index contributed by atoms with van der Waals surface area (Å²) in [5.41, 5.74) is 2.32. The van der Waals surface area contributed by atoms with Gasteiger partial charge in [-0.3, -0.25) is 9.59 Å². The SMILES string of the molecule is CCN1CCN(CCCNC(=O)[C@H]2CC(=O)N(Cc3ccc(C)cc3)C2)CC1. The minimum absolute atomic E-state index is 0.0237. The predicted octanol–water partition coefficient (Wildman–Crippen LogP) is 1.49. The van der Waals surface area contributed by atoms with Crippen LogP contribution in [0.4, 0.5) is 0 Å². The fourth-order valence-corrected chi connectivity index (χ4v) is 4.00. The minimum atomic E-state index is -0.217. The molecule has 154 valence electrons. The molecule has 0 saturated carbocycles. The number of aryl methyl sites for hydroxylation is 1. The Morgan fingerprint density at radius 2 is 1.79 bits per heavy atom. The second-order valence-electron chi connectivity index (χ2n) is 8.08. The lowest BCUT2D eigenvalue weighted by molar-refractivity contribution is -0.129. The quantitative estimate of drug-likeness (QED) is 0.688. The molecule has 2 heterocycles. The lowest BCUT2D eigenvalue weighted by Gasteiger charge is -2.34. The summed E-state index contributed by atoms with van der Waals surface area (Å²) in [5.74, 6) is -0.115. The van der Waals surface area contributed by atoms with Crippen molar-refractivity contribution in [2.75, 3.05) is 52.4 Å². The fourth-order valence-electron chi connectivity index (χ4n) is 4.00. The van der Waals surface area contributed by atoms with Crippen molar-refractivity contribution in [1.29, 1.82) is 0 Å². The van der Waals surface area contributed by atoms with Gasteiger partial charge in [-0.2, -0.15) is 0 Å². The van der Waals surface area contributed by atoms with Gasteiger partial charge in [-0.05, 0) is 32.0 Å². The molecular formula is C22H34N4O2. The van der Waals surface area contributed by atoms with E-state index in [0.717, 1.165) is 51.3 Å². The van der Waals surface area contributed by atoms with Gasteiger partial charge in [0.25, 0.3) is 0 Å². The first-order valence-corrected chi connectivity index (χ1v) is 10.6. The van der Waals surface area contributed by atoms with Crippen LogP contribution in [0.1, 0.15) is 30.9 Å². The molecule has 2 fully saturated rings. The van der Waals surface area contributed by atoms with E-state index < -0.39 is 0 Å². The first kappa shape index (κ1) is 20.8. The van der Waals surface area contributed by atoms with Gasteiger partial charge in [0.05, 0.1) is 5.92 Å². The predicted molar refractivity (Wildman–Crippen MR) is 111 cm³/mol. The van der Waals surface area contributed by atoms with Crippen LogP contribution in [0.2, 0.25) is 0 Å². The van der Waals surface area contributed by atoms with E-state index >= 15 is 0 Å². The van der Waals surface area contributed by atoms with E-state index in [9.17, 15) is 9.59 Å². The Kier molecular flexibility index (Phi) is 7.45. The zero-order valence-electron chi connectivity index (χ0n) is 17.3. The van der Waals surface area contributed by atoms with Crippen molar-refractivity contribution in [1.82, 2.24) is 20.0 Å². The standard InChI is InChI=1S/C22H34N4O2/c1-3-24-11-13-25(14-12-24)10-4-9-23-22(28)20-15-21(27)26(17-20)16-19-7-5-18(2)6-8-19/h5-8,20H,3-4,9-17H2,1-2H3,(H,23,28)/t20-/m0/s1. The number of amides is 2. The summed E-state index contributed by atoms with van der Waals surface area (Å²) >= 11 is 0. The van der Waals surface area contributed by atoms with Crippen LogP contribution in [-0.2, 0) is 16.1 Å². The number of carbonyl (C=O) groups is 2. The normalized spacial score (nSPS) is 21.3. The van der Waals surface area contributed by atoms with E-state index in [0.29, 0.717) is 26.1 Å². The summed E-state index contributed by atoms with van der Waals surface area (Å²) in [6.07, 6.45) is 1.29. The highest BCUT2D eigenvalue weighted by Gasteiger charge is 2.34. The molecule has 2 saturated heterocycles. The molecule has 0 aliphatic carbocycles. The molecule has 2 aliphatic heterocycles. The van der Waals surface area contributed by atoms with Crippen LogP contribution in [0.15, 0.2) is 24.3 Å². The molecule has 1 atom stereocenters. The molecule has 2 aliphatic rings. The highest BCUT2D eigenvalue weighted by atomic mass is 16.2. The van der Waals surface area contributed by atoms with Crippen LogP contribution < -0.4 is 5.32 Å². The van der Waals surface area contributed by atoms with Gasteiger partial charge < -0.3 is 20.0 Å². The van der Waals surface area contributed by atoms with Crippen molar-refractivity contribution in [3.05, 3.63) is 35.4 Å². The second-order valence-corrected chi connectivity index (χ2v) is 8.08. The molecule has 1 aromatic rings. The highest BCUT2D eigenvalue weighted by Crippen LogP contribution is 2.20. The Hall–Kier alpha value is -1.92. The first-order chi connectivity index (χ1) is 13.5. The van der Waals surface area contributed by atoms with Crippen LogP contribution in [0.5, 0.6) is 0 Å². The van der Waals surface area contributed by atoms with Crippen molar-refractivity contribution in [2.24, 2.45) is 5.92 Å². The van der Waals surface area contributed by atoms with Crippen LogP contribution in [-0.4, -0.2) is 78.9 Å². The Labute approximate surface area is 168 Å². The number of benzene rings is 1. The Morgan fingerprint density at radius 3 is 2.46 bits per heavy atom. The van der Waals surface area contributed by atoms with E-state index in [1.807, 2.05) is 4.90 Å². The van der Waals surface area contributed by atoms with Gasteiger partial charge in [-0.1, -0.05) is 36.8 Å². The summed E-state index contributed by atoms with van der Waals surface area (Å²) in [6.45, 7) is 12.7. The zero-order chi connectivity index (χ0) is 19.9. The van der Waals surface area contributed by atoms with Gasteiger partial charge in [-0.25, -0.2) is 0 Å². The molecule has 2 amide bonds. The maximum atomic E-state index is 12.5. The lowest BCUT2D eigenvalue weighted by Crippen LogP contribution is -2.46. The molecular weight excluding hydrogens is 352 g/mol. The lowest BCUT2D eigenvalue weighted by atomic mass is 10.1. The third-order valence-corrected chi connectivity index (χ3v) is 5.94. The Bertz CT molecular complexity index is 653. The number of carbonyl (C=O) groups excluding carboxylic acids is 2. The molecule has 0 bridgehead atoms. The van der Waals surface area contributed by atoms with Gasteiger partial charge in [-0.15, -0.1) is 0 Å². The monoisotopic (exact) mass is 386 g/mol. The summed E-state index contributed by atoms with van der Waals surface area (Å²) in [7, 11) is 0. The Balaban J connectivity index is 1.34. The molecule has 0 unspecified atom stereocenters. The maximum absolute atomic E-state index is 12.5. The molecule has 0 spiro atoms. The zero-order valence-corrected chi connectivity index (χ0v) is 17.3. The third-order valence-electron chi connectivity index (χ3n) is 5.94. The number of nitrogens with one attached hydrogen (secondary N) is 1. The van der Waals surface area contributed by atoms with Gasteiger partial charge >= 0.3 is 0 Å². The molecule has 0 radical (unpaired) electrons. The van der Waals surface area contributed by atoms with Crippen molar-refractivity contribution < 1.29 is 9.59 Å². The number of nitrogens with zero attached hydrogens (tertiary/aromatic N) is 3. The minimum Gasteiger partial charge on any atom is -0.356 e. The average Bonchev–Trinajstić information content (AvgIpc) is 3.08. The topological polar surface area (TPSA) is 55.9 Å². The first-order valence-electron chi connectivity index (χ1n) is 10.6. The maximum Gasteiger partial charge on any atom is 0.225 e. The third kappa shape index (κ3) is 5.79. The van der Waals surface area contributed by atoms with Crippen molar-refractivity contribution in [3.8, 4) is 0 Å². The van der Waals surface area contributed by atoms with E-state index in [1.165, 1.54) is 5.56 Å². The summed E-state index contributed by atoms with van der Waals surface area (Å²) in [4.78, 5) is 31.5. The summed E-state index contributed by atoms with van der Waals surface area (Å²) in [6, 6.07) is 8.22. The van der Waals surface area contributed by atoms with Crippen LogP contribution >= 0.6 is 0 Å². The largest absolute Gasteiger partial charge is 0.356 e. The van der Waals surface area contributed by atoms with Gasteiger partial charge in [0, 0.05) is 52.2 Å². The number of likely N-dealkylation sites (N-methyl/N-ethyl adjacent to an activating group) is 1. The van der Waals surface area contributed by atoms with Gasteiger partial charge in [0.1, 0.15) is 0 Å². The molecule has 3 rings (SSSR count). The van der Waals surface area contributed by atoms with Crippen LogP contribution in [0, 0.1) is 12.8 Å². The van der Waals surface area contributed by atoms with Crippen LogP contribution in [0.3, 0.4) is 0 Å². The summed E-state index contributed by atoms with van der Waals surface area (Å²) < 4.78 is 0. The number of rotatable bonds is 8. The van der Waals surface area contributed by atoms with E-state index in [2.05, 4.69) is 53.2 Å². The number of likely N-dealkylation sites (tertiary alicyclic amines) is 1. The van der Waals surface area contributed by atoms with Crippen molar-refractivity contribution in [3.63, 3.8) is 0 Å². The molecule has 6 heteroatoms. The molecule has 28 heavy (non-hydrogen) atoms. The molecule has 1 aromatic carbocycles. The van der Waals surface area contributed by atoms with E-state index in [-0.39, 0.29) is 17.7 Å². The Morgan fingerprint density at radius 1 is 1.11 bits per heavy atom. The van der Waals surface area contributed by atoms with Crippen molar-refractivity contribution >= 4 is 11.8 Å². The van der Waals surface area contributed by atoms with Crippen molar-refractivity contribution in [2.45, 2.75) is 33.2 Å². The second kappa shape index (κ2) is 10.0. The van der Waals surface area contributed by atoms with Gasteiger partial charge in [0.15, 0.2) is 0 Å². The molecule has 0 aromatic heterocycles. The van der Waals surface area contributed by atoms with Crippen LogP contribution in [0.25, 0.3) is 0 Å². The number of hydrogen-bond acceptors (Lipinski definition) is 4. The summed E-state index contributed by atoms with van der Waals surface area (Å²) in [5, 5.41) is 3.04. The fraction of sp³-hybridized carbons (Fsp3) is 0.636. The van der Waals surface area contributed by atoms with E-state index in [4.69, 9.17) is 0 Å². The average molecular weight is 387 g/mol. The molecule has 6 nitrogen and oxygen atoms in total. The van der Waals surface area contributed by atoms with E-state index in [1.54, 1.807) is 0 Å². The van der Waals surface area contributed by atoms with Gasteiger partial charge in [0.2, 0.25) is 11.8 Å². The highest BCUT2D eigenvalue weighted by molar-refractivity contribution is 5.89. The number of hydrogen-bond donors (Lipinski definition) is 1. The smallest absolute Gasteiger partial charge is 0.225 e. The number of piperazine rings is 1. The molecule has 1 N–H and O–H groups in total.